The highest BCUT2D eigenvalue weighted by atomic mass is 79.9. The number of carbonyl (C=O) groups excluding carboxylic acids is 2. The van der Waals surface area contributed by atoms with Crippen molar-refractivity contribution in [1.82, 2.24) is 10.9 Å². The van der Waals surface area contributed by atoms with Gasteiger partial charge in [0.15, 0.2) is 12.7 Å². The van der Waals surface area contributed by atoms with Crippen LogP contribution in [0.2, 0.25) is 0 Å². The van der Waals surface area contributed by atoms with E-state index in [1.807, 2.05) is 50.2 Å². The van der Waals surface area contributed by atoms with Crippen LogP contribution in [0.1, 0.15) is 44.4 Å². The summed E-state index contributed by atoms with van der Waals surface area (Å²) in [5, 5.41) is 0. The number of rotatable bonds is 6. The Bertz CT molecular complexity index is 902. The topological polar surface area (TPSA) is 76.7 Å². The number of ether oxygens (including phenoxy) is 2. The van der Waals surface area contributed by atoms with E-state index >= 15 is 0 Å². The van der Waals surface area contributed by atoms with Crippen molar-refractivity contribution in [2.45, 2.75) is 53.1 Å². The van der Waals surface area contributed by atoms with Crippen LogP contribution in [0.3, 0.4) is 0 Å². The van der Waals surface area contributed by atoms with Crippen LogP contribution in [-0.2, 0) is 15.0 Å². The number of hydrazine groups is 1. The highest BCUT2D eigenvalue weighted by Crippen LogP contribution is 2.31. The van der Waals surface area contributed by atoms with Crippen LogP contribution in [-0.4, -0.2) is 24.5 Å². The third-order valence-electron chi connectivity index (χ3n) is 4.55. The third-order valence-corrected chi connectivity index (χ3v) is 5.17. The normalized spacial score (nSPS) is 12.1. The van der Waals surface area contributed by atoms with Crippen molar-refractivity contribution in [3.05, 3.63) is 57.6 Å². The van der Waals surface area contributed by atoms with Gasteiger partial charge >= 0.3 is 0 Å². The molecule has 2 N–H and O–H groups in total. The van der Waals surface area contributed by atoms with Gasteiger partial charge in [-0.15, -0.1) is 0 Å². The fraction of sp³-hybridized carbons (Fsp3) is 0.391. The number of hydrogen-bond donors (Lipinski definition) is 2. The van der Waals surface area contributed by atoms with Gasteiger partial charge < -0.3 is 9.47 Å². The van der Waals surface area contributed by atoms with E-state index < -0.39 is 17.9 Å². The van der Waals surface area contributed by atoms with Gasteiger partial charge in [-0.05, 0) is 70.9 Å². The van der Waals surface area contributed by atoms with Gasteiger partial charge in [0, 0.05) is 0 Å². The predicted octanol–water partition coefficient (Wildman–Crippen LogP) is 4.36. The molecule has 162 valence electrons. The molecule has 2 rings (SSSR count). The maximum absolute atomic E-state index is 12.2. The highest BCUT2D eigenvalue weighted by molar-refractivity contribution is 9.10. The van der Waals surface area contributed by atoms with Crippen molar-refractivity contribution in [2.24, 2.45) is 0 Å². The van der Waals surface area contributed by atoms with Gasteiger partial charge in [0.25, 0.3) is 11.8 Å². The molecular weight excluding hydrogens is 448 g/mol. The van der Waals surface area contributed by atoms with E-state index in [0.29, 0.717) is 11.5 Å². The number of para-hydroxylation sites is 1. The molecule has 7 heteroatoms. The van der Waals surface area contributed by atoms with Crippen molar-refractivity contribution >= 4 is 27.7 Å². The summed E-state index contributed by atoms with van der Waals surface area (Å²) in [6.45, 7) is 11.6. The Morgan fingerprint density at radius 1 is 1.07 bits per heavy atom. The molecule has 0 aliphatic carbocycles. The zero-order valence-corrected chi connectivity index (χ0v) is 19.8. The minimum atomic E-state index is -0.773. The number of halogens is 1. The van der Waals surface area contributed by atoms with Gasteiger partial charge in [0.2, 0.25) is 0 Å². The van der Waals surface area contributed by atoms with Gasteiger partial charge in [-0.2, -0.15) is 0 Å². The fourth-order valence-corrected chi connectivity index (χ4v) is 3.21. The molecule has 6 nitrogen and oxygen atoms in total. The van der Waals surface area contributed by atoms with Gasteiger partial charge in [-0.1, -0.05) is 45.0 Å². The Morgan fingerprint density at radius 2 is 1.70 bits per heavy atom. The minimum absolute atomic E-state index is 0.0122. The van der Waals surface area contributed by atoms with Crippen molar-refractivity contribution in [1.29, 1.82) is 0 Å². The lowest BCUT2D eigenvalue weighted by molar-refractivity contribution is -0.133. The minimum Gasteiger partial charge on any atom is -0.483 e. The molecule has 30 heavy (non-hydrogen) atoms. The summed E-state index contributed by atoms with van der Waals surface area (Å²) in [5.41, 5.74) is 7.75. The first-order valence-electron chi connectivity index (χ1n) is 9.73. The van der Waals surface area contributed by atoms with Crippen LogP contribution in [0.25, 0.3) is 0 Å². The lowest BCUT2D eigenvalue weighted by Gasteiger charge is -2.20. The van der Waals surface area contributed by atoms with E-state index in [1.54, 1.807) is 6.92 Å². The maximum atomic E-state index is 12.2. The molecule has 0 fully saturated rings. The van der Waals surface area contributed by atoms with Crippen LogP contribution >= 0.6 is 15.9 Å². The number of carbonyl (C=O) groups is 2. The summed E-state index contributed by atoms with van der Waals surface area (Å²) in [6, 6.07) is 11.5. The van der Waals surface area contributed by atoms with Crippen LogP contribution < -0.4 is 20.3 Å². The zero-order chi connectivity index (χ0) is 22.5. The van der Waals surface area contributed by atoms with Crippen molar-refractivity contribution in [3.63, 3.8) is 0 Å². The second kappa shape index (κ2) is 9.98. The summed E-state index contributed by atoms with van der Waals surface area (Å²) >= 11 is 3.47. The molecule has 0 aromatic heterocycles. The predicted molar refractivity (Wildman–Crippen MR) is 121 cm³/mol. The van der Waals surface area contributed by atoms with Crippen LogP contribution in [0.5, 0.6) is 11.5 Å². The Balaban J connectivity index is 1.83. The fourth-order valence-electron chi connectivity index (χ4n) is 2.71. The Kier molecular flexibility index (Phi) is 7.89. The van der Waals surface area contributed by atoms with Crippen LogP contribution in [0, 0.1) is 13.8 Å². The highest BCUT2D eigenvalue weighted by Gasteiger charge is 2.18. The molecule has 0 heterocycles. The molecule has 1 atom stereocenters. The lowest BCUT2D eigenvalue weighted by Crippen LogP contribution is -2.48. The molecule has 0 saturated carbocycles. The Hall–Kier alpha value is -2.54. The van der Waals surface area contributed by atoms with Gasteiger partial charge in [0.05, 0.1) is 4.47 Å². The first kappa shape index (κ1) is 23.7. The zero-order valence-electron chi connectivity index (χ0n) is 18.3. The molecule has 0 bridgehead atoms. The maximum Gasteiger partial charge on any atom is 0.279 e. The monoisotopic (exact) mass is 476 g/mol. The second-order valence-electron chi connectivity index (χ2n) is 8.20. The summed E-state index contributed by atoms with van der Waals surface area (Å²) < 4.78 is 12.1. The van der Waals surface area contributed by atoms with E-state index in [9.17, 15) is 9.59 Å². The molecule has 2 amide bonds. The summed E-state index contributed by atoms with van der Waals surface area (Å²) in [6.07, 6.45) is -0.773. The quantitative estimate of drug-likeness (QED) is 0.607. The molecule has 0 aliphatic rings. The first-order chi connectivity index (χ1) is 14.0. The average molecular weight is 477 g/mol. The van der Waals surface area contributed by atoms with Crippen molar-refractivity contribution in [3.8, 4) is 11.5 Å². The smallest absolute Gasteiger partial charge is 0.279 e. The lowest BCUT2D eigenvalue weighted by atomic mass is 9.87. The number of nitrogens with one attached hydrogen (secondary N) is 2. The first-order valence-corrected chi connectivity index (χ1v) is 10.5. The number of aryl methyl sites for hydroxylation is 2. The third kappa shape index (κ3) is 6.49. The van der Waals surface area contributed by atoms with Crippen molar-refractivity contribution < 1.29 is 19.1 Å². The van der Waals surface area contributed by atoms with E-state index in [-0.39, 0.29) is 12.0 Å². The second-order valence-corrected chi connectivity index (χ2v) is 9.06. The van der Waals surface area contributed by atoms with Crippen LogP contribution in [0.15, 0.2) is 40.9 Å². The Morgan fingerprint density at radius 3 is 2.27 bits per heavy atom. The van der Waals surface area contributed by atoms with E-state index in [4.69, 9.17) is 9.47 Å². The molecule has 2 aromatic rings. The summed E-state index contributed by atoms with van der Waals surface area (Å²) in [7, 11) is 0. The number of benzene rings is 2. The number of amides is 2. The number of hydrogen-bond acceptors (Lipinski definition) is 4. The van der Waals surface area contributed by atoms with E-state index in [0.717, 1.165) is 21.2 Å². The molecule has 1 unspecified atom stereocenters. The van der Waals surface area contributed by atoms with Crippen LogP contribution in [0.4, 0.5) is 0 Å². The largest absolute Gasteiger partial charge is 0.483 e. The Labute approximate surface area is 186 Å². The van der Waals surface area contributed by atoms with E-state index in [1.165, 1.54) is 0 Å². The SMILES string of the molecule is Cc1cccc(C)c1OC(C)C(=O)NNC(=O)COc1ccc(C(C)(C)C)cc1Br. The standard InChI is InChI=1S/C23H29BrN2O4/c1-14-8-7-9-15(2)21(14)30-16(3)22(28)26-25-20(27)13-29-19-11-10-17(12-18(19)24)23(4,5)6/h7-12,16H,13H2,1-6H3,(H,25,27)(H,26,28). The average Bonchev–Trinajstić information content (AvgIpc) is 2.67. The molecule has 0 radical (unpaired) electrons. The van der Waals surface area contributed by atoms with Gasteiger partial charge in [-0.3, -0.25) is 20.4 Å². The summed E-state index contributed by atoms with van der Waals surface area (Å²) in [4.78, 5) is 24.3. The van der Waals surface area contributed by atoms with Crippen molar-refractivity contribution in [2.75, 3.05) is 6.61 Å². The molecule has 0 aliphatic heterocycles. The van der Waals surface area contributed by atoms with Gasteiger partial charge in [-0.25, -0.2) is 0 Å². The molecule has 0 spiro atoms. The molecule has 0 saturated heterocycles. The molecule has 2 aromatic carbocycles. The summed E-state index contributed by atoms with van der Waals surface area (Å²) in [5.74, 6) is 0.283. The molecular formula is C23H29BrN2O4. The van der Waals surface area contributed by atoms with Gasteiger partial charge in [0.1, 0.15) is 11.5 Å². The van der Waals surface area contributed by atoms with E-state index in [2.05, 4.69) is 47.6 Å².